The first-order valence-electron chi connectivity index (χ1n) is 7.95. The molecule has 0 aromatic carbocycles. The van der Waals surface area contributed by atoms with Crippen molar-refractivity contribution in [3.05, 3.63) is 36.7 Å². The average Bonchev–Trinajstić information content (AvgIpc) is 3.45. The fourth-order valence-corrected chi connectivity index (χ4v) is 2.49. The zero-order valence-electron chi connectivity index (χ0n) is 13.5. The lowest BCUT2D eigenvalue weighted by Gasteiger charge is -2.04. The Morgan fingerprint density at radius 2 is 2.00 bits per heavy atom. The smallest absolute Gasteiger partial charge is 0.230 e. The lowest BCUT2D eigenvalue weighted by Crippen LogP contribution is -2.27. The molecule has 0 bridgehead atoms. The minimum Gasteiger partial charge on any atom is -0.355 e. The molecule has 23 heavy (non-hydrogen) atoms. The molecule has 0 radical (unpaired) electrons. The van der Waals surface area contributed by atoms with Gasteiger partial charge in [0.05, 0.1) is 17.1 Å². The van der Waals surface area contributed by atoms with Crippen LogP contribution in [0, 0.1) is 5.92 Å². The topological polar surface area (TPSA) is 67.8 Å². The molecule has 5 nitrogen and oxygen atoms in total. The molecule has 1 amide bonds. The number of pyridine rings is 1. The van der Waals surface area contributed by atoms with Crippen LogP contribution in [0.15, 0.2) is 41.8 Å². The van der Waals surface area contributed by atoms with Crippen molar-refractivity contribution in [2.45, 2.75) is 31.8 Å². The molecule has 6 heteroatoms. The predicted molar refractivity (Wildman–Crippen MR) is 93.1 cm³/mol. The highest BCUT2D eigenvalue weighted by Gasteiger charge is 2.21. The summed E-state index contributed by atoms with van der Waals surface area (Å²) in [6.07, 6.45) is 5.91. The van der Waals surface area contributed by atoms with Gasteiger partial charge in [-0.3, -0.25) is 9.78 Å². The summed E-state index contributed by atoms with van der Waals surface area (Å²) in [6, 6.07) is 7.51. The van der Waals surface area contributed by atoms with E-state index in [1.165, 1.54) is 24.6 Å². The second-order valence-corrected chi connectivity index (χ2v) is 5.92. The molecule has 1 saturated carbocycles. The third kappa shape index (κ3) is 5.98. The van der Waals surface area contributed by atoms with Gasteiger partial charge in [0.1, 0.15) is 0 Å². The van der Waals surface area contributed by atoms with Crippen molar-refractivity contribution in [1.29, 1.82) is 0 Å². The third-order valence-corrected chi connectivity index (χ3v) is 4.04. The maximum absolute atomic E-state index is 11.7. The predicted octanol–water partition coefficient (Wildman–Crippen LogP) is 3.18. The van der Waals surface area contributed by atoms with Crippen LogP contribution < -0.4 is 5.32 Å². The number of carbonyl (C=O) groups excluding carboxylic acids is 1. The van der Waals surface area contributed by atoms with Crippen molar-refractivity contribution in [3.63, 3.8) is 0 Å². The van der Waals surface area contributed by atoms with Gasteiger partial charge in [-0.15, -0.1) is 0 Å². The van der Waals surface area contributed by atoms with E-state index in [0.29, 0.717) is 16.8 Å². The molecule has 3 rings (SSSR count). The van der Waals surface area contributed by atoms with Gasteiger partial charge in [-0.2, -0.15) is 0 Å². The second-order valence-electron chi connectivity index (χ2n) is 4.98. The Morgan fingerprint density at radius 3 is 2.70 bits per heavy atom. The summed E-state index contributed by atoms with van der Waals surface area (Å²) in [5.41, 5.74) is 1.58. The van der Waals surface area contributed by atoms with E-state index in [9.17, 15) is 4.79 Å². The van der Waals surface area contributed by atoms with Crippen LogP contribution in [0.4, 0.5) is 0 Å². The number of thioether (sulfide) groups is 1. The summed E-state index contributed by atoms with van der Waals surface area (Å²) in [5, 5.41) is 3.53. The van der Waals surface area contributed by atoms with Crippen LogP contribution in [0.5, 0.6) is 0 Å². The normalized spacial score (nSPS) is 13.0. The first-order valence-corrected chi connectivity index (χ1v) is 8.94. The standard InChI is InChI=1S/C15H16N4OS.C2H6/c20-14(18-9-11-4-5-11)10-21-15-17-8-6-13(19-15)12-3-1-2-7-16-12;1-2/h1-3,6-8,11H,4-5,9-10H2,(H,18,20);1-2H3. The van der Waals surface area contributed by atoms with Crippen LogP contribution in [-0.4, -0.2) is 33.2 Å². The molecule has 0 spiro atoms. The molecular formula is C17H22N4OS. The largest absolute Gasteiger partial charge is 0.355 e. The number of carbonyl (C=O) groups is 1. The highest BCUT2D eigenvalue weighted by molar-refractivity contribution is 7.99. The molecule has 1 aliphatic rings. The maximum atomic E-state index is 11.7. The number of amides is 1. The highest BCUT2D eigenvalue weighted by atomic mass is 32.2. The number of rotatable bonds is 6. The van der Waals surface area contributed by atoms with E-state index >= 15 is 0 Å². The minimum absolute atomic E-state index is 0.0405. The molecule has 1 fully saturated rings. The molecule has 2 aromatic rings. The van der Waals surface area contributed by atoms with E-state index in [2.05, 4.69) is 20.3 Å². The number of nitrogens with zero attached hydrogens (tertiary/aromatic N) is 3. The van der Waals surface area contributed by atoms with Crippen LogP contribution >= 0.6 is 11.8 Å². The van der Waals surface area contributed by atoms with E-state index in [0.717, 1.165) is 17.9 Å². The van der Waals surface area contributed by atoms with E-state index in [-0.39, 0.29) is 5.91 Å². The lowest BCUT2D eigenvalue weighted by atomic mass is 10.3. The first-order chi connectivity index (χ1) is 11.3. The van der Waals surface area contributed by atoms with Crippen molar-refractivity contribution >= 4 is 17.7 Å². The SMILES string of the molecule is CC.O=C(CSc1nccc(-c2ccccn2)n1)NCC1CC1. The van der Waals surface area contributed by atoms with E-state index in [1.54, 1.807) is 12.4 Å². The summed E-state index contributed by atoms with van der Waals surface area (Å²) in [7, 11) is 0. The van der Waals surface area contributed by atoms with Crippen LogP contribution in [0.2, 0.25) is 0 Å². The Labute approximate surface area is 141 Å². The zero-order chi connectivity index (χ0) is 16.5. The summed E-state index contributed by atoms with van der Waals surface area (Å²) >= 11 is 1.35. The molecule has 2 aromatic heterocycles. The number of hydrogen-bond donors (Lipinski definition) is 1. The number of nitrogens with one attached hydrogen (secondary N) is 1. The Bertz CT molecular complexity index is 617. The Hall–Kier alpha value is -1.95. The summed E-state index contributed by atoms with van der Waals surface area (Å²) in [6.45, 7) is 4.80. The van der Waals surface area contributed by atoms with Gasteiger partial charge in [-0.1, -0.05) is 31.7 Å². The van der Waals surface area contributed by atoms with E-state index in [4.69, 9.17) is 0 Å². The molecule has 122 valence electrons. The second kappa shape index (κ2) is 9.25. The quantitative estimate of drug-likeness (QED) is 0.651. The van der Waals surface area contributed by atoms with Gasteiger partial charge < -0.3 is 5.32 Å². The summed E-state index contributed by atoms with van der Waals surface area (Å²) in [4.78, 5) is 24.6. The van der Waals surface area contributed by atoms with Crippen molar-refractivity contribution < 1.29 is 4.79 Å². The number of aromatic nitrogens is 3. The minimum atomic E-state index is 0.0405. The van der Waals surface area contributed by atoms with Crippen molar-refractivity contribution in [2.24, 2.45) is 5.92 Å². The van der Waals surface area contributed by atoms with Crippen LogP contribution in [0.3, 0.4) is 0 Å². The molecule has 0 atom stereocenters. The first kappa shape index (κ1) is 17.4. The summed E-state index contributed by atoms with van der Waals surface area (Å²) in [5.74, 6) is 1.08. The summed E-state index contributed by atoms with van der Waals surface area (Å²) < 4.78 is 0. The van der Waals surface area contributed by atoms with Gasteiger partial charge >= 0.3 is 0 Å². The van der Waals surface area contributed by atoms with Gasteiger partial charge in [0.25, 0.3) is 0 Å². The van der Waals surface area contributed by atoms with Crippen molar-refractivity contribution in [1.82, 2.24) is 20.3 Å². The molecule has 1 aliphatic carbocycles. The Morgan fingerprint density at radius 1 is 1.17 bits per heavy atom. The number of hydrogen-bond acceptors (Lipinski definition) is 5. The molecule has 0 unspecified atom stereocenters. The Balaban J connectivity index is 0.000000924. The third-order valence-electron chi connectivity index (χ3n) is 3.18. The van der Waals surface area contributed by atoms with E-state index < -0.39 is 0 Å². The zero-order valence-corrected chi connectivity index (χ0v) is 14.3. The average molecular weight is 330 g/mol. The molecule has 0 saturated heterocycles. The van der Waals surface area contributed by atoms with Crippen LogP contribution in [0.1, 0.15) is 26.7 Å². The van der Waals surface area contributed by atoms with Gasteiger partial charge in [-0.25, -0.2) is 9.97 Å². The Kier molecular flexibility index (Phi) is 7.00. The van der Waals surface area contributed by atoms with E-state index in [1.807, 2.05) is 38.1 Å². The van der Waals surface area contributed by atoms with Gasteiger partial charge in [0.15, 0.2) is 5.16 Å². The molecular weight excluding hydrogens is 308 g/mol. The molecule has 0 aliphatic heterocycles. The fraction of sp³-hybridized carbons (Fsp3) is 0.412. The van der Waals surface area contributed by atoms with Crippen molar-refractivity contribution in [3.8, 4) is 11.4 Å². The molecule has 1 N–H and O–H groups in total. The highest BCUT2D eigenvalue weighted by Crippen LogP contribution is 2.27. The van der Waals surface area contributed by atoms with Crippen LogP contribution in [0.25, 0.3) is 11.4 Å². The maximum Gasteiger partial charge on any atom is 0.230 e. The van der Waals surface area contributed by atoms with Crippen molar-refractivity contribution in [2.75, 3.05) is 12.3 Å². The monoisotopic (exact) mass is 330 g/mol. The fourth-order valence-electron chi connectivity index (χ4n) is 1.83. The van der Waals surface area contributed by atoms with Crippen LogP contribution in [-0.2, 0) is 4.79 Å². The van der Waals surface area contributed by atoms with Gasteiger partial charge in [0.2, 0.25) is 5.91 Å². The van der Waals surface area contributed by atoms with Gasteiger partial charge in [0, 0.05) is 18.9 Å². The lowest BCUT2D eigenvalue weighted by molar-refractivity contribution is -0.118. The molecule has 2 heterocycles. The van der Waals surface area contributed by atoms with Gasteiger partial charge in [-0.05, 0) is 37.0 Å².